The summed E-state index contributed by atoms with van der Waals surface area (Å²) < 4.78 is 10.8. The maximum Gasteiger partial charge on any atom is 0.311 e. The molecule has 0 aromatic carbocycles. The molecule has 0 N–H and O–H groups in total. The summed E-state index contributed by atoms with van der Waals surface area (Å²) in [5.74, 6) is 0.129. The van der Waals surface area contributed by atoms with E-state index in [2.05, 4.69) is 19.7 Å². The van der Waals surface area contributed by atoms with Gasteiger partial charge in [-0.25, -0.2) is 4.63 Å². The molecule has 0 unspecified atom stereocenters. The summed E-state index contributed by atoms with van der Waals surface area (Å²) in [5.41, 5.74) is 0.457. The zero-order valence-electron chi connectivity index (χ0n) is 8.08. The third-order valence-corrected chi connectivity index (χ3v) is 1.92. The molecule has 15 heavy (non-hydrogen) atoms. The number of rotatable bonds is 3. The Hall–Kier alpha value is -2.11. The van der Waals surface area contributed by atoms with Crippen molar-refractivity contribution in [3.8, 4) is 5.82 Å². The Morgan fingerprint density at radius 2 is 2.20 bits per heavy atom. The molecule has 2 heterocycles. The maximum atomic E-state index is 11.1. The molecule has 0 fully saturated rings. The lowest BCUT2D eigenvalue weighted by molar-refractivity contribution is -0.139. The molecule has 0 amide bonds. The number of methoxy groups -OCH3 is 1. The summed E-state index contributed by atoms with van der Waals surface area (Å²) in [7, 11) is 1.32. The fourth-order valence-electron chi connectivity index (χ4n) is 1.19. The maximum absolute atomic E-state index is 11.1. The van der Waals surface area contributed by atoms with Crippen LogP contribution in [0.15, 0.2) is 29.2 Å². The van der Waals surface area contributed by atoms with Crippen LogP contribution < -0.4 is 0 Å². The highest BCUT2D eigenvalue weighted by Crippen LogP contribution is 2.10. The van der Waals surface area contributed by atoms with Crippen LogP contribution in [0.1, 0.15) is 5.69 Å². The smallest absolute Gasteiger partial charge is 0.311 e. The van der Waals surface area contributed by atoms with Gasteiger partial charge in [0.05, 0.1) is 13.5 Å². The molecule has 0 aliphatic heterocycles. The van der Waals surface area contributed by atoms with E-state index in [0.717, 1.165) is 0 Å². The second-order valence-electron chi connectivity index (χ2n) is 2.88. The van der Waals surface area contributed by atoms with E-state index in [-0.39, 0.29) is 12.4 Å². The summed E-state index contributed by atoms with van der Waals surface area (Å²) >= 11 is 0. The highest BCUT2D eigenvalue weighted by Gasteiger charge is 2.15. The Morgan fingerprint density at radius 1 is 1.47 bits per heavy atom. The zero-order valence-corrected chi connectivity index (χ0v) is 8.08. The van der Waals surface area contributed by atoms with E-state index in [1.165, 1.54) is 7.11 Å². The van der Waals surface area contributed by atoms with Gasteiger partial charge in [-0.3, -0.25) is 4.79 Å². The largest absolute Gasteiger partial charge is 0.469 e. The number of hydrogen-bond acceptors (Lipinski definition) is 5. The molecule has 2 aromatic rings. The predicted molar refractivity (Wildman–Crippen MR) is 49.3 cm³/mol. The first-order valence-electron chi connectivity index (χ1n) is 4.33. The number of carbonyl (C=O) groups is 1. The van der Waals surface area contributed by atoms with Crippen molar-refractivity contribution in [2.75, 3.05) is 7.11 Å². The van der Waals surface area contributed by atoms with Crippen LogP contribution in [0.5, 0.6) is 0 Å². The molecule has 0 bridgehead atoms. The molecule has 0 saturated heterocycles. The monoisotopic (exact) mass is 207 g/mol. The van der Waals surface area contributed by atoms with E-state index < -0.39 is 0 Å². The topological polar surface area (TPSA) is 70.2 Å². The van der Waals surface area contributed by atoms with Crippen molar-refractivity contribution in [1.82, 2.24) is 14.9 Å². The van der Waals surface area contributed by atoms with Crippen molar-refractivity contribution in [2.24, 2.45) is 0 Å². The van der Waals surface area contributed by atoms with Gasteiger partial charge in [-0.2, -0.15) is 0 Å². The van der Waals surface area contributed by atoms with Crippen LogP contribution in [-0.4, -0.2) is 28.0 Å². The number of nitrogens with zero attached hydrogens (tertiary/aromatic N) is 3. The van der Waals surface area contributed by atoms with Gasteiger partial charge in [0.2, 0.25) is 5.82 Å². The van der Waals surface area contributed by atoms with Gasteiger partial charge in [0, 0.05) is 12.4 Å². The molecule has 0 saturated carbocycles. The van der Waals surface area contributed by atoms with Gasteiger partial charge in [0.1, 0.15) is 5.69 Å². The summed E-state index contributed by atoms with van der Waals surface area (Å²) in [6, 6.07) is 3.69. The lowest BCUT2D eigenvalue weighted by Gasteiger charge is -1.98. The molecule has 2 aromatic heterocycles. The van der Waals surface area contributed by atoms with Gasteiger partial charge in [0.25, 0.3) is 0 Å². The molecule has 0 aliphatic carbocycles. The first-order valence-corrected chi connectivity index (χ1v) is 4.33. The Labute approximate surface area is 85.4 Å². The molecule has 0 atom stereocenters. The second-order valence-corrected chi connectivity index (χ2v) is 2.88. The fourth-order valence-corrected chi connectivity index (χ4v) is 1.19. The third kappa shape index (κ3) is 1.88. The number of ether oxygens (including phenoxy) is 1. The van der Waals surface area contributed by atoms with Crippen LogP contribution in [0.25, 0.3) is 5.82 Å². The van der Waals surface area contributed by atoms with E-state index >= 15 is 0 Å². The number of carbonyl (C=O) groups excluding carboxylic acids is 1. The van der Waals surface area contributed by atoms with E-state index in [1.54, 1.807) is 17.0 Å². The van der Waals surface area contributed by atoms with Crippen molar-refractivity contribution in [3.05, 3.63) is 30.2 Å². The van der Waals surface area contributed by atoms with Crippen LogP contribution in [0.4, 0.5) is 0 Å². The van der Waals surface area contributed by atoms with Gasteiger partial charge in [0.15, 0.2) is 0 Å². The summed E-state index contributed by atoms with van der Waals surface area (Å²) in [6.45, 7) is 0. The molecular weight excluding hydrogens is 198 g/mol. The first kappa shape index (κ1) is 9.45. The minimum Gasteiger partial charge on any atom is -0.469 e. The standard InChI is InChI=1S/C9H9N3O3/c1-14-8(13)6-7-9(11-15-10-7)12-4-2-3-5-12/h2-5H,6H2,1H3. The Kier molecular flexibility index (Phi) is 2.49. The fraction of sp³-hybridized carbons (Fsp3) is 0.222. The lowest BCUT2D eigenvalue weighted by Crippen LogP contribution is -2.07. The average molecular weight is 207 g/mol. The van der Waals surface area contributed by atoms with Gasteiger partial charge in [-0.1, -0.05) is 5.16 Å². The second kappa shape index (κ2) is 3.95. The third-order valence-electron chi connectivity index (χ3n) is 1.92. The summed E-state index contributed by atoms with van der Waals surface area (Å²) in [5, 5.41) is 7.37. The van der Waals surface area contributed by atoms with Crippen LogP contribution in [-0.2, 0) is 16.0 Å². The number of esters is 1. The van der Waals surface area contributed by atoms with E-state index in [4.69, 9.17) is 0 Å². The molecule has 0 aliphatic rings. The molecule has 78 valence electrons. The minimum absolute atomic E-state index is 0.0491. The van der Waals surface area contributed by atoms with E-state index in [1.807, 2.05) is 12.1 Å². The van der Waals surface area contributed by atoms with Crippen molar-refractivity contribution >= 4 is 5.97 Å². The number of aromatic nitrogens is 3. The van der Waals surface area contributed by atoms with Crippen LogP contribution >= 0.6 is 0 Å². The Balaban J connectivity index is 2.27. The SMILES string of the molecule is COC(=O)Cc1nonc1-n1cccc1. The van der Waals surface area contributed by atoms with Gasteiger partial charge in [-0.05, 0) is 17.3 Å². The highest BCUT2D eigenvalue weighted by molar-refractivity contribution is 5.72. The molecule has 2 rings (SSSR count). The number of hydrogen-bond donors (Lipinski definition) is 0. The molecule has 6 heteroatoms. The molecule has 0 radical (unpaired) electrons. The van der Waals surface area contributed by atoms with Crippen molar-refractivity contribution < 1.29 is 14.2 Å². The van der Waals surface area contributed by atoms with Crippen molar-refractivity contribution in [2.45, 2.75) is 6.42 Å². The highest BCUT2D eigenvalue weighted by atomic mass is 16.6. The lowest BCUT2D eigenvalue weighted by atomic mass is 10.3. The van der Waals surface area contributed by atoms with Crippen LogP contribution in [0.2, 0.25) is 0 Å². The molecule has 6 nitrogen and oxygen atoms in total. The Morgan fingerprint density at radius 3 is 2.87 bits per heavy atom. The summed E-state index contributed by atoms with van der Waals surface area (Å²) in [6.07, 6.45) is 3.63. The zero-order chi connectivity index (χ0) is 10.7. The van der Waals surface area contributed by atoms with E-state index in [0.29, 0.717) is 11.5 Å². The Bertz CT molecular complexity index is 447. The van der Waals surface area contributed by atoms with Crippen LogP contribution in [0.3, 0.4) is 0 Å². The van der Waals surface area contributed by atoms with Crippen LogP contribution in [0, 0.1) is 0 Å². The van der Waals surface area contributed by atoms with Gasteiger partial charge in [-0.15, -0.1) is 0 Å². The van der Waals surface area contributed by atoms with Gasteiger partial charge >= 0.3 is 5.97 Å². The van der Waals surface area contributed by atoms with Crippen molar-refractivity contribution in [3.63, 3.8) is 0 Å². The molecular formula is C9H9N3O3. The quantitative estimate of drug-likeness (QED) is 0.688. The molecule has 0 spiro atoms. The minimum atomic E-state index is -0.376. The summed E-state index contributed by atoms with van der Waals surface area (Å²) in [4.78, 5) is 11.1. The normalized spacial score (nSPS) is 10.2. The predicted octanol–water partition coefficient (Wildman–Crippen LogP) is 0.576. The van der Waals surface area contributed by atoms with Crippen molar-refractivity contribution in [1.29, 1.82) is 0 Å². The average Bonchev–Trinajstić information content (AvgIpc) is 2.86. The van der Waals surface area contributed by atoms with Gasteiger partial charge < -0.3 is 9.30 Å². The van der Waals surface area contributed by atoms with E-state index in [9.17, 15) is 4.79 Å². The first-order chi connectivity index (χ1) is 7.31.